The molecule has 0 saturated carbocycles. The average molecular weight is 276 g/mol. The standard InChI is InChI=1S/C16H24N2S/c1-11(2)14(17-5)10-12(3)15-8-9-16(19-15)13(4)18(6)7/h8-11H,4H2,1-3,5-7H3/b12-10+,17-14?. The molecule has 0 N–H and O–H groups in total. The molecule has 0 aliphatic carbocycles. The van der Waals surface area contributed by atoms with Crippen LogP contribution >= 0.6 is 11.3 Å². The van der Waals surface area contributed by atoms with Gasteiger partial charge in [0.1, 0.15) is 0 Å². The third-order valence-electron chi connectivity index (χ3n) is 3.03. The molecule has 0 bridgehead atoms. The Kier molecular flexibility index (Phi) is 5.55. The lowest BCUT2D eigenvalue weighted by Crippen LogP contribution is -2.07. The van der Waals surface area contributed by atoms with Gasteiger partial charge in [0.2, 0.25) is 0 Å². The smallest absolute Gasteiger partial charge is 0.0504 e. The van der Waals surface area contributed by atoms with Crippen molar-refractivity contribution in [2.75, 3.05) is 21.1 Å². The van der Waals surface area contributed by atoms with Gasteiger partial charge in [0.05, 0.1) is 4.88 Å². The third-order valence-corrected chi connectivity index (χ3v) is 4.30. The van der Waals surface area contributed by atoms with Gasteiger partial charge in [-0.3, -0.25) is 4.99 Å². The molecule has 0 spiro atoms. The molecule has 0 amide bonds. The molecule has 2 nitrogen and oxygen atoms in total. The third kappa shape index (κ3) is 4.06. The van der Waals surface area contributed by atoms with Crippen LogP contribution in [-0.2, 0) is 0 Å². The minimum absolute atomic E-state index is 0.455. The highest BCUT2D eigenvalue weighted by molar-refractivity contribution is 7.14. The topological polar surface area (TPSA) is 15.6 Å². The van der Waals surface area contributed by atoms with E-state index < -0.39 is 0 Å². The van der Waals surface area contributed by atoms with E-state index in [2.05, 4.69) is 50.6 Å². The summed E-state index contributed by atoms with van der Waals surface area (Å²) in [5.41, 5.74) is 3.45. The second kappa shape index (κ2) is 6.71. The minimum Gasteiger partial charge on any atom is -0.377 e. The van der Waals surface area contributed by atoms with Gasteiger partial charge in [-0.1, -0.05) is 20.4 Å². The predicted molar refractivity (Wildman–Crippen MR) is 88.9 cm³/mol. The molecule has 0 radical (unpaired) electrons. The maximum Gasteiger partial charge on any atom is 0.0504 e. The largest absolute Gasteiger partial charge is 0.377 e. The predicted octanol–water partition coefficient (Wildman–Crippen LogP) is 4.41. The molecule has 104 valence electrons. The van der Waals surface area contributed by atoms with Crippen LogP contribution in [0, 0.1) is 5.92 Å². The van der Waals surface area contributed by atoms with Crippen molar-refractivity contribution in [3.05, 3.63) is 34.5 Å². The van der Waals surface area contributed by atoms with E-state index in [9.17, 15) is 0 Å². The normalized spacial score (nSPS) is 13.0. The van der Waals surface area contributed by atoms with E-state index in [4.69, 9.17) is 0 Å². The summed E-state index contributed by atoms with van der Waals surface area (Å²) in [5, 5.41) is 0. The van der Waals surface area contributed by atoms with Crippen LogP contribution in [0.5, 0.6) is 0 Å². The summed E-state index contributed by atoms with van der Waals surface area (Å²) >= 11 is 1.78. The zero-order chi connectivity index (χ0) is 14.6. The highest BCUT2D eigenvalue weighted by atomic mass is 32.1. The van der Waals surface area contributed by atoms with Gasteiger partial charge in [-0.2, -0.15) is 0 Å². The molecule has 0 saturated heterocycles. The van der Waals surface area contributed by atoms with E-state index in [1.54, 1.807) is 11.3 Å². The molecule has 3 heteroatoms. The maximum atomic E-state index is 4.34. The summed E-state index contributed by atoms with van der Waals surface area (Å²) in [6, 6.07) is 4.30. The summed E-state index contributed by atoms with van der Waals surface area (Å²) in [6.07, 6.45) is 2.18. The van der Waals surface area contributed by atoms with Crippen molar-refractivity contribution >= 4 is 28.3 Å². The molecule has 0 unspecified atom stereocenters. The van der Waals surface area contributed by atoms with E-state index in [1.165, 1.54) is 15.3 Å². The molecule has 1 rings (SSSR count). The van der Waals surface area contributed by atoms with Crippen LogP contribution in [0.4, 0.5) is 0 Å². The van der Waals surface area contributed by atoms with Crippen LogP contribution in [0.25, 0.3) is 11.3 Å². The molecule has 19 heavy (non-hydrogen) atoms. The van der Waals surface area contributed by atoms with Crippen molar-refractivity contribution in [1.29, 1.82) is 0 Å². The second-order valence-electron chi connectivity index (χ2n) is 5.14. The number of rotatable bonds is 5. The summed E-state index contributed by atoms with van der Waals surface area (Å²) in [6.45, 7) is 10.6. The summed E-state index contributed by atoms with van der Waals surface area (Å²) < 4.78 is 0. The van der Waals surface area contributed by atoms with Crippen molar-refractivity contribution in [2.24, 2.45) is 10.9 Å². The first-order chi connectivity index (χ1) is 8.86. The molecule has 0 aliphatic rings. The van der Waals surface area contributed by atoms with Crippen LogP contribution in [0.3, 0.4) is 0 Å². The van der Waals surface area contributed by atoms with Crippen molar-refractivity contribution in [1.82, 2.24) is 4.90 Å². The highest BCUT2D eigenvalue weighted by Gasteiger charge is 2.08. The molecule has 0 aromatic carbocycles. The van der Waals surface area contributed by atoms with E-state index in [1.807, 2.05) is 26.0 Å². The van der Waals surface area contributed by atoms with Gasteiger partial charge < -0.3 is 4.90 Å². The molecule has 0 atom stereocenters. The van der Waals surface area contributed by atoms with Gasteiger partial charge in [0.15, 0.2) is 0 Å². The van der Waals surface area contributed by atoms with Gasteiger partial charge >= 0.3 is 0 Å². The Hall–Kier alpha value is -1.35. The van der Waals surface area contributed by atoms with Crippen LogP contribution in [0.1, 0.15) is 30.5 Å². The summed E-state index contributed by atoms with van der Waals surface area (Å²) in [7, 11) is 5.89. The van der Waals surface area contributed by atoms with E-state index in [0.29, 0.717) is 5.92 Å². The fourth-order valence-electron chi connectivity index (χ4n) is 1.71. The number of hydrogen-bond acceptors (Lipinski definition) is 3. The lowest BCUT2D eigenvalue weighted by Gasteiger charge is -2.13. The Labute approximate surface area is 121 Å². The molecule has 1 aromatic heterocycles. The lowest BCUT2D eigenvalue weighted by atomic mass is 10.1. The van der Waals surface area contributed by atoms with Crippen LogP contribution < -0.4 is 0 Å². The summed E-state index contributed by atoms with van der Waals surface area (Å²) in [5.74, 6) is 0.455. The minimum atomic E-state index is 0.455. The Morgan fingerprint density at radius 1 is 1.32 bits per heavy atom. The molecule has 1 heterocycles. The number of aliphatic imine (C=N–C) groups is 1. The van der Waals surface area contributed by atoms with E-state index in [0.717, 1.165) is 11.4 Å². The molecule has 1 aromatic rings. The van der Waals surface area contributed by atoms with Crippen molar-refractivity contribution in [3.63, 3.8) is 0 Å². The SMILES string of the molecule is C=C(c1ccc(/C(C)=C/C(=NC)C(C)C)s1)N(C)C. The van der Waals surface area contributed by atoms with Gasteiger partial charge in [0.25, 0.3) is 0 Å². The fourth-order valence-corrected chi connectivity index (χ4v) is 2.74. The van der Waals surface area contributed by atoms with Crippen LogP contribution in [-0.4, -0.2) is 31.8 Å². The molecule has 0 aliphatic heterocycles. The van der Waals surface area contributed by atoms with Crippen molar-refractivity contribution in [3.8, 4) is 0 Å². The number of nitrogens with zero attached hydrogens (tertiary/aromatic N) is 2. The van der Waals surface area contributed by atoms with Gasteiger partial charge in [-0.15, -0.1) is 11.3 Å². The molecule has 0 fully saturated rings. The number of thiophene rings is 1. The quantitative estimate of drug-likeness (QED) is 0.727. The van der Waals surface area contributed by atoms with Crippen molar-refractivity contribution < 1.29 is 0 Å². The monoisotopic (exact) mass is 276 g/mol. The van der Waals surface area contributed by atoms with Crippen LogP contribution in [0.15, 0.2) is 29.8 Å². The Balaban J connectivity index is 2.99. The van der Waals surface area contributed by atoms with Gasteiger partial charge in [-0.05, 0) is 36.6 Å². The first kappa shape index (κ1) is 15.7. The Morgan fingerprint density at radius 3 is 2.37 bits per heavy atom. The van der Waals surface area contributed by atoms with Gasteiger partial charge in [0, 0.05) is 37.4 Å². The van der Waals surface area contributed by atoms with Gasteiger partial charge in [-0.25, -0.2) is 0 Å². The first-order valence-electron chi connectivity index (χ1n) is 6.48. The van der Waals surface area contributed by atoms with Crippen molar-refractivity contribution in [2.45, 2.75) is 20.8 Å². The Morgan fingerprint density at radius 2 is 1.89 bits per heavy atom. The zero-order valence-electron chi connectivity index (χ0n) is 12.8. The van der Waals surface area contributed by atoms with Crippen LogP contribution in [0.2, 0.25) is 0 Å². The average Bonchev–Trinajstić information content (AvgIpc) is 2.83. The number of allylic oxidation sites excluding steroid dienone is 2. The van der Waals surface area contributed by atoms with E-state index >= 15 is 0 Å². The summed E-state index contributed by atoms with van der Waals surface area (Å²) in [4.78, 5) is 8.88. The van der Waals surface area contributed by atoms with E-state index in [-0.39, 0.29) is 0 Å². The fraction of sp³-hybridized carbons (Fsp3) is 0.438. The Bertz CT molecular complexity index is 505. The lowest BCUT2D eigenvalue weighted by molar-refractivity contribution is 0.595. The number of hydrogen-bond donors (Lipinski definition) is 0. The highest BCUT2D eigenvalue weighted by Crippen LogP contribution is 2.29. The molecular formula is C16H24N2S. The maximum absolute atomic E-state index is 4.34. The zero-order valence-corrected chi connectivity index (χ0v) is 13.6. The second-order valence-corrected chi connectivity index (χ2v) is 6.22. The molecular weight excluding hydrogens is 252 g/mol. The first-order valence-corrected chi connectivity index (χ1v) is 7.30.